The number of aliphatic hydroxyl groups is 1. The Morgan fingerprint density at radius 3 is 2.44 bits per heavy atom. The third kappa shape index (κ3) is 9.75. The van der Waals surface area contributed by atoms with Crippen LogP contribution in [0.4, 0.5) is 0 Å². The van der Waals surface area contributed by atoms with Crippen molar-refractivity contribution >= 4 is 47.2 Å². The van der Waals surface area contributed by atoms with Crippen LogP contribution in [-0.2, 0) is 0 Å². The maximum Gasteiger partial charge on any atom is 0.261 e. The van der Waals surface area contributed by atoms with Crippen LogP contribution in [0.15, 0.2) is 22.5 Å². The molecule has 4 N–H and O–H groups in total. The molecule has 1 aromatic rings. The number of hydrogen-bond donors (Lipinski definition) is 4. The summed E-state index contributed by atoms with van der Waals surface area (Å²) in [4.78, 5) is 17.3. The molecule has 0 unspecified atom stereocenters. The van der Waals surface area contributed by atoms with Gasteiger partial charge in [0.05, 0.1) is 4.88 Å². The molecule has 0 aromatic carbocycles. The largest absolute Gasteiger partial charge is 0.396 e. The summed E-state index contributed by atoms with van der Waals surface area (Å²) in [6, 6.07) is 3.71. The fourth-order valence-electron chi connectivity index (χ4n) is 2.72. The molecule has 8 heteroatoms. The molecule has 156 valence electrons. The van der Waals surface area contributed by atoms with E-state index in [-0.39, 0.29) is 41.9 Å². The van der Waals surface area contributed by atoms with Gasteiger partial charge in [0.15, 0.2) is 5.96 Å². The van der Waals surface area contributed by atoms with Gasteiger partial charge in [0.2, 0.25) is 0 Å². The van der Waals surface area contributed by atoms with E-state index in [0.29, 0.717) is 13.1 Å². The van der Waals surface area contributed by atoms with Crippen LogP contribution in [0.5, 0.6) is 0 Å². The van der Waals surface area contributed by atoms with Crippen LogP contribution in [0.3, 0.4) is 0 Å². The van der Waals surface area contributed by atoms with Crippen LogP contribution in [0, 0.1) is 5.41 Å². The van der Waals surface area contributed by atoms with Crippen molar-refractivity contribution in [3.05, 3.63) is 22.4 Å². The molecule has 0 fully saturated rings. The fraction of sp³-hybridized carbons (Fsp3) is 0.684. The molecule has 1 amide bonds. The zero-order valence-corrected chi connectivity index (χ0v) is 19.9. The Hall–Kier alpha value is -0.870. The number of halogens is 1. The Bertz CT molecular complexity index is 534. The highest BCUT2D eigenvalue weighted by molar-refractivity contribution is 14.0. The van der Waals surface area contributed by atoms with Crippen molar-refractivity contribution in [2.45, 2.75) is 46.5 Å². The molecule has 0 bridgehead atoms. The summed E-state index contributed by atoms with van der Waals surface area (Å²) >= 11 is 1.45. The van der Waals surface area contributed by atoms with Crippen molar-refractivity contribution in [2.75, 3.05) is 32.8 Å². The number of carbonyl (C=O) groups excluding carboxylic acids is 1. The number of nitrogens with zero attached hydrogens (tertiary/aromatic N) is 1. The number of amides is 1. The van der Waals surface area contributed by atoms with Gasteiger partial charge in [-0.3, -0.25) is 9.79 Å². The number of guanidine groups is 1. The van der Waals surface area contributed by atoms with Gasteiger partial charge in [-0.05, 0) is 49.5 Å². The van der Waals surface area contributed by atoms with Gasteiger partial charge in [-0.2, -0.15) is 0 Å². The number of aliphatic imine (C=N–C) groups is 1. The highest BCUT2D eigenvalue weighted by Crippen LogP contribution is 2.30. The predicted octanol–water partition coefficient (Wildman–Crippen LogP) is 3.23. The molecular weight excluding hydrogens is 475 g/mol. The maximum atomic E-state index is 11.9. The molecule has 1 aromatic heterocycles. The van der Waals surface area contributed by atoms with Gasteiger partial charge in [-0.15, -0.1) is 35.3 Å². The van der Waals surface area contributed by atoms with E-state index >= 15 is 0 Å². The smallest absolute Gasteiger partial charge is 0.261 e. The van der Waals surface area contributed by atoms with Crippen LogP contribution >= 0.6 is 35.3 Å². The molecule has 0 aliphatic rings. The molecule has 0 radical (unpaired) electrons. The number of nitrogens with one attached hydrogen (secondary N) is 3. The van der Waals surface area contributed by atoms with Gasteiger partial charge in [0, 0.05) is 32.8 Å². The SMILES string of the molecule is CCNC(=NCC(CC)(CC)CCO)NCCCNC(=O)c1cccs1.I. The minimum absolute atomic E-state index is 0. The Kier molecular flexibility index (Phi) is 14.6. The summed E-state index contributed by atoms with van der Waals surface area (Å²) in [5.41, 5.74) is 0.0613. The average molecular weight is 510 g/mol. The normalized spacial score (nSPS) is 11.6. The van der Waals surface area contributed by atoms with Crippen LogP contribution < -0.4 is 16.0 Å². The Labute approximate surface area is 184 Å². The summed E-state index contributed by atoms with van der Waals surface area (Å²) in [7, 11) is 0. The fourth-order valence-corrected chi connectivity index (χ4v) is 3.36. The molecule has 27 heavy (non-hydrogen) atoms. The predicted molar refractivity (Wildman–Crippen MR) is 125 cm³/mol. The third-order valence-corrected chi connectivity index (χ3v) is 5.60. The van der Waals surface area contributed by atoms with Crippen LogP contribution in [-0.4, -0.2) is 49.8 Å². The van der Waals surface area contributed by atoms with Gasteiger partial charge < -0.3 is 21.1 Å². The number of thiophene rings is 1. The van der Waals surface area contributed by atoms with Crippen molar-refractivity contribution in [3.63, 3.8) is 0 Å². The highest BCUT2D eigenvalue weighted by atomic mass is 127. The average Bonchev–Trinajstić information content (AvgIpc) is 3.19. The van der Waals surface area contributed by atoms with Crippen molar-refractivity contribution in [3.8, 4) is 0 Å². The van der Waals surface area contributed by atoms with Gasteiger partial charge in [0.25, 0.3) is 5.91 Å². The molecule has 0 aliphatic heterocycles. The zero-order valence-electron chi connectivity index (χ0n) is 16.7. The van der Waals surface area contributed by atoms with Gasteiger partial charge >= 0.3 is 0 Å². The molecular formula is C19H35IN4O2S. The summed E-state index contributed by atoms with van der Waals surface area (Å²) < 4.78 is 0. The topological polar surface area (TPSA) is 85.8 Å². The first kappa shape index (κ1) is 26.1. The van der Waals surface area contributed by atoms with Gasteiger partial charge in [-0.1, -0.05) is 19.9 Å². The molecule has 1 rings (SSSR count). The molecule has 0 aliphatic carbocycles. The van der Waals surface area contributed by atoms with Crippen LogP contribution in [0.1, 0.15) is 56.1 Å². The summed E-state index contributed by atoms with van der Waals surface area (Å²) in [5, 5.41) is 20.7. The Balaban J connectivity index is 0.00000676. The van der Waals surface area contributed by atoms with Crippen molar-refractivity contribution in [1.82, 2.24) is 16.0 Å². The van der Waals surface area contributed by atoms with E-state index in [1.165, 1.54) is 11.3 Å². The summed E-state index contributed by atoms with van der Waals surface area (Å²) in [5.74, 6) is 0.779. The lowest BCUT2D eigenvalue weighted by Gasteiger charge is -2.29. The second kappa shape index (κ2) is 15.1. The minimum Gasteiger partial charge on any atom is -0.396 e. The van der Waals surface area contributed by atoms with Crippen molar-refractivity contribution in [1.29, 1.82) is 0 Å². The monoisotopic (exact) mass is 510 g/mol. The van der Waals surface area contributed by atoms with E-state index in [4.69, 9.17) is 4.99 Å². The van der Waals surface area contributed by atoms with Gasteiger partial charge in [-0.25, -0.2) is 0 Å². The lowest BCUT2D eigenvalue weighted by molar-refractivity contribution is 0.0957. The van der Waals surface area contributed by atoms with Crippen LogP contribution in [0.25, 0.3) is 0 Å². The molecule has 0 atom stereocenters. The lowest BCUT2D eigenvalue weighted by atomic mass is 9.79. The third-order valence-electron chi connectivity index (χ3n) is 4.74. The second-order valence-corrected chi connectivity index (χ2v) is 7.34. The molecule has 0 spiro atoms. The van der Waals surface area contributed by atoms with E-state index in [9.17, 15) is 9.90 Å². The number of rotatable bonds is 12. The standard InChI is InChI=1S/C19H34N4O2S.HI/c1-4-19(5-2,10-13-24)15-23-18(20-6-3)22-12-8-11-21-17(25)16-9-7-14-26-16;/h7,9,14,24H,4-6,8,10-13,15H2,1-3H3,(H,21,25)(H2,20,22,23);1H. The highest BCUT2D eigenvalue weighted by Gasteiger charge is 2.25. The van der Waals surface area contributed by atoms with E-state index in [2.05, 4.69) is 29.8 Å². The van der Waals surface area contributed by atoms with E-state index < -0.39 is 0 Å². The second-order valence-electron chi connectivity index (χ2n) is 6.39. The zero-order chi connectivity index (χ0) is 19.3. The number of carbonyl (C=O) groups is 1. The van der Waals surface area contributed by atoms with Crippen molar-refractivity contribution < 1.29 is 9.90 Å². The number of hydrogen-bond acceptors (Lipinski definition) is 4. The van der Waals surface area contributed by atoms with E-state index in [0.717, 1.165) is 49.6 Å². The van der Waals surface area contributed by atoms with Crippen molar-refractivity contribution in [2.24, 2.45) is 10.4 Å². The minimum atomic E-state index is -0.0137. The Morgan fingerprint density at radius 2 is 1.89 bits per heavy atom. The molecule has 0 saturated heterocycles. The quantitative estimate of drug-likeness (QED) is 0.151. The first-order chi connectivity index (χ1) is 12.6. The van der Waals surface area contributed by atoms with Crippen LogP contribution in [0.2, 0.25) is 0 Å². The van der Waals surface area contributed by atoms with E-state index in [1.54, 1.807) is 0 Å². The summed E-state index contributed by atoms with van der Waals surface area (Å²) in [6.07, 6.45) is 3.60. The van der Waals surface area contributed by atoms with Gasteiger partial charge in [0.1, 0.15) is 0 Å². The molecule has 6 nitrogen and oxygen atoms in total. The lowest BCUT2D eigenvalue weighted by Crippen LogP contribution is -2.40. The first-order valence-electron chi connectivity index (χ1n) is 9.55. The Morgan fingerprint density at radius 1 is 1.19 bits per heavy atom. The molecule has 1 heterocycles. The first-order valence-corrected chi connectivity index (χ1v) is 10.4. The van der Waals surface area contributed by atoms with E-state index in [1.807, 2.05) is 24.4 Å². The summed E-state index contributed by atoms with van der Waals surface area (Å²) in [6.45, 7) is 9.42. The number of aliphatic hydroxyl groups excluding tert-OH is 1. The molecule has 0 saturated carbocycles. The maximum absolute atomic E-state index is 11.9.